The van der Waals surface area contributed by atoms with Crippen LogP contribution >= 0.6 is 24.0 Å². The van der Waals surface area contributed by atoms with Crippen LogP contribution in [0.4, 0.5) is 0 Å². The fourth-order valence-corrected chi connectivity index (χ4v) is 4.13. The van der Waals surface area contributed by atoms with Crippen LogP contribution in [0.3, 0.4) is 0 Å². The van der Waals surface area contributed by atoms with Gasteiger partial charge in [-0.2, -0.15) is 0 Å². The normalized spacial score (nSPS) is 11.1. The van der Waals surface area contributed by atoms with Gasteiger partial charge < -0.3 is 4.90 Å². The lowest BCUT2D eigenvalue weighted by Crippen LogP contribution is -2.20. The van der Waals surface area contributed by atoms with E-state index >= 15 is 0 Å². The zero-order valence-corrected chi connectivity index (χ0v) is 22.4. The van der Waals surface area contributed by atoms with Crippen molar-refractivity contribution in [2.75, 3.05) is 20.1 Å². The molecule has 2 heteroatoms. The molecular weight excluding hydrogens is 453 g/mol. The molecule has 0 saturated carbocycles. The monoisotopic (exact) mass is 509 g/mol. The summed E-state index contributed by atoms with van der Waals surface area (Å²) in [4.78, 5) is 2.48. The van der Waals surface area contributed by atoms with Gasteiger partial charge in [0, 0.05) is 0 Å². The summed E-state index contributed by atoms with van der Waals surface area (Å²) in [7, 11) is 2.26. The third-order valence-corrected chi connectivity index (χ3v) is 6.00. The molecule has 0 aromatic heterocycles. The molecule has 0 aromatic rings. The molecule has 0 heterocycles. The highest BCUT2D eigenvalue weighted by molar-refractivity contribution is 14.0. The van der Waals surface area contributed by atoms with E-state index in [1.165, 1.54) is 148 Å². The first-order valence-electron chi connectivity index (χ1n) is 13.0. The lowest BCUT2D eigenvalue weighted by molar-refractivity contribution is 0.324. The van der Waals surface area contributed by atoms with E-state index in [9.17, 15) is 0 Å². The molecule has 0 aliphatic heterocycles. The third kappa shape index (κ3) is 26.7. The van der Waals surface area contributed by atoms with E-state index in [1.54, 1.807) is 0 Å². The van der Waals surface area contributed by atoms with Crippen LogP contribution in [0.5, 0.6) is 0 Å². The summed E-state index contributed by atoms with van der Waals surface area (Å²) in [5.74, 6) is 0. The SMILES string of the molecule is CCCCCCCCCCCCCCCCCCCCCCN(C)CCC.I. The van der Waals surface area contributed by atoms with Crippen molar-refractivity contribution in [2.45, 2.75) is 149 Å². The highest BCUT2D eigenvalue weighted by Crippen LogP contribution is 2.14. The van der Waals surface area contributed by atoms with Crippen LogP contribution in [0.15, 0.2) is 0 Å². The van der Waals surface area contributed by atoms with Gasteiger partial charge in [0.1, 0.15) is 0 Å². The fourth-order valence-electron chi connectivity index (χ4n) is 4.13. The van der Waals surface area contributed by atoms with E-state index in [2.05, 4.69) is 25.8 Å². The Labute approximate surface area is 197 Å². The third-order valence-electron chi connectivity index (χ3n) is 6.00. The van der Waals surface area contributed by atoms with E-state index in [-0.39, 0.29) is 24.0 Å². The topological polar surface area (TPSA) is 3.24 Å². The maximum atomic E-state index is 2.48. The van der Waals surface area contributed by atoms with Crippen molar-refractivity contribution >= 4 is 24.0 Å². The molecule has 0 saturated heterocycles. The second-order valence-electron chi connectivity index (χ2n) is 9.02. The van der Waals surface area contributed by atoms with E-state index < -0.39 is 0 Å². The summed E-state index contributed by atoms with van der Waals surface area (Å²) < 4.78 is 0. The van der Waals surface area contributed by atoms with Crippen LogP contribution in [0, 0.1) is 0 Å². The van der Waals surface area contributed by atoms with Crippen molar-refractivity contribution < 1.29 is 0 Å². The summed E-state index contributed by atoms with van der Waals surface area (Å²) >= 11 is 0. The number of nitrogens with zero attached hydrogens (tertiary/aromatic N) is 1. The van der Waals surface area contributed by atoms with Gasteiger partial charge in [-0.15, -0.1) is 24.0 Å². The van der Waals surface area contributed by atoms with Crippen LogP contribution in [-0.2, 0) is 0 Å². The first-order valence-corrected chi connectivity index (χ1v) is 13.0. The number of halogens is 1. The van der Waals surface area contributed by atoms with Gasteiger partial charge >= 0.3 is 0 Å². The van der Waals surface area contributed by atoms with Crippen LogP contribution < -0.4 is 0 Å². The Morgan fingerprint density at radius 1 is 0.357 bits per heavy atom. The van der Waals surface area contributed by atoms with E-state index in [0.29, 0.717) is 0 Å². The predicted molar refractivity (Wildman–Crippen MR) is 141 cm³/mol. The van der Waals surface area contributed by atoms with E-state index in [4.69, 9.17) is 0 Å². The average molecular weight is 510 g/mol. The molecule has 0 unspecified atom stereocenters. The first kappa shape index (κ1) is 30.9. The Morgan fingerprint density at radius 3 is 0.929 bits per heavy atom. The number of hydrogen-bond acceptors (Lipinski definition) is 1. The number of unbranched alkanes of at least 4 members (excludes halogenated alkanes) is 19. The molecule has 0 radical (unpaired) electrons. The first-order chi connectivity index (χ1) is 13.3. The molecule has 172 valence electrons. The van der Waals surface area contributed by atoms with Gasteiger partial charge in [-0.3, -0.25) is 0 Å². The minimum Gasteiger partial charge on any atom is -0.306 e. The van der Waals surface area contributed by atoms with Gasteiger partial charge in [-0.05, 0) is 33.0 Å². The molecular formula is C26H56IN. The minimum absolute atomic E-state index is 0. The van der Waals surface area contributed by atoms with Gasteiger partial charge in [0.15, 0.2) is 0 Å². The quantitative estimate of drug-likeness (QED) is 0.0979. The van der Waals surface area contributed by atoms with Crippen molar-refractivity contribution in [3.05, 3.63) is 0 Å². The minimum atomic E-state index is 0. The molecule has 28 heavy (non-hydrogen) atoms. The van der Waals surface area contributed by atoms with Crippen LogP contribution in [0.2, 0.25) is 0 Å². The highest BCUT2D eigenvalue weighted by atomic mass is 127. The van der Waals surface area contributed by atoms with E-state index in [0.717, 1.165) is 0 Å². The molecule has 0 atom stereocenters. The zero-order chi connectivity index (χ0) is 19.8. The van der Waals surface area contributed by atoms with Crippen molar-refractivity contribution in [3.63, 3.8) is 0 Å². The van der Waals surface area contributed by atoms with Gasteiger partial charge in [0.2, 0.25) is 0 Å². The lowest BCUT2D eigenvalue weighted by Gasteiger charge is -2.14. The zero-order valence-electron chi connectivity index (χ0n) is 20.1. The molecule has 0 aliphatic carbocycles. The summed E-state index contributed by atoms with van der Waals surface area (Å²) in [5, 5.41) is 0. The van der Waals surface area contributed by atoms with Gasteiger partial charge in [-0.25, -0.2) is 0 Å². The average Bonchev–Trinajstić information content (AvgIpc) is 2.66. The summed E-state index contributed by atoms with van der Waals surface area (Å²) in [5.41, 5.74) is 0. The predicted octanol–water partition coefficient (Wildman–Crippen LogP) is 9.77. The second kappa shape index (κ2) is 27.7. The standard InChI is InChI=1S/C26H55N.HI/c1-4-6-7-8-9-10-11-12-13-14-15-16-17-18-19-20-21-22-23-24-26-27(3)25-5-2;/h4-26H2,1-3H3;1H. The van der Waals surface area contributed by atoms with Gasteiger partial charge in [0.05, 0.1) is 0 Å². The van der Waals surface area contributed by atoms with Gasteiger partial charge in [0.25, 0.3) is 0 Å². The highest BCUT2D eigenvalue weighted by Gasteiger charge is 1.97. The maximum absolute atomic E-state index is 2.48. The Balaban J connectivity index is 0. The Kier molecular flexibility index (Phi) is 30.5. The second-order valence-corrected chi connectivity index (χ2v) is 9.02. The summed E-state index contributed by atoms with van der Waals surface area (Å²) in [6.45, 7) is 7.13. The molecule has 0 aromatic carbocycles. The van der Waals surface area contributed by atoms with Crippen LogP contribution in [0.25, 0.3) is 0 Å². The van der Waals surface area contributed by atoms with E-state index in [1.807, 2.05) is 0 Å². The molecule has 0 N–H and O–H groups in total. The molecule has 1 nitrogen and oxygen atoms in total. The van der Waals surface area contributed by atoms with Crippen molar-refractivity contribution in [1.29, 1.82) is 0 Å². The summed E-state index contributed by atoms with van der Waals surface area (Å²) in [6, 6.07) is 0. The molecule has 0 aliphatic rings. The molecule has 0 amide bonds. The van der Waals surface area contributed by atoms with Crippen LogP contribution in [0.1, 0.15) is 149 Å². The Bertz CT molecular complexity index is 257. The van der Waals surface area contributed by atoms with Crippen LogP contribution in [-0.4, -0.2) is 25.0 Å². The smallest absolute Gasteiger partial charge is 0.00218 e. The van der Waals surface area contributed by atoms with Gasteiger partial charge in [-0.1, -0.05) is 136 Å². The number of hydrogen-bond donors (Lipinski definition) is 0. The Hall–Kier alpha value is 0.690. The molecule has 0 rings (SSSR count). The van der Waals surface area contributed by atoms with Crippen molar-refractivity contribution in [3.8, 4) is 0 Å². The Morgan fingerprint density at radius 2 is 0.643 bits per heavy atom. The van der Waals surface area contributed by atoms with Crippen molar-refractivity contribution in [2.24, 2.45) is 0 Å². The molecule has 0 fully saturated rings. The van der Waals surface area contributed by atoms with Crippen molar-refractivity contribution in [1.82, 2.24) is 4.90 Å². The largest absolute Gasteiger partial charge is 0.306 e. The molecule has 0 bridgehead atoms. The summed E-state index contributed by atoms with van der Waals surface area (Å²) in [6.07, 6.45) is 30.6. The number of rotatable bonds is 23. The maximum Gasteiger partial charge on any atom is -0.00218 e. The fraction of sp³-hybridized carbons (Fsp3) is 1.00. The lowest BCUT2D eigenvalue weighted by atomic mass is 10.0. The molecule has 0 spiro atoms.